The number of hydrogen-bond acceptors (Lipinski definition) is 5. The van der Waals surface area contributed by atoms with Gasteiger partial charge in [0.15, 0.2) is 5.76 Å². The molecule has 0 aliphatic rings. The molecule has 0 fully saturated rings. The smallest absolute Gasteiger partial charge is 0.287 e. The van der Waals surface area contributed by atoms with Crippen molar-refractivity contribution in [3.8, 4) is 0 Å². The van der Waals surface area contributed by atoms with Crippen LogP contribution in [0, 0.1) is 0 Å². The quantitative estimate of drug-likeness (QED) is 0.677. The summed E-state index contributed by atoms with van der Waals surface area (Å²) in [4.78, 5) is 23.8. The second-order valence-corrected chi connectivity index (χ2v) is 6.30. The van der Waals surface area contributed by atoms with Gasteiger partial charge >= 0.3 is 0 Å². The molecule has 0 bridgehead atoms. The van der Waals surface area contributed by atoms with Crippen LogP contribution in [0.2, 0.25) is 0 Å². The molecule has 3 aromatic rings. The number of fused-ring (bicyclic) bond motifs is 1. The van der Waals surface area contributed by atoms with Gasteiger partial charge in [-0.1, -0.05) is 0 Å². The van der Waals surface area contributed by atoms with E-state index in [4.69, 9.17) is 8.83 Å². The van der Waals surface area contributed by atoms with Crippen LogP contribution in [0.5, 0.6) is 0 Å². The van der Waals surface area contributed by atoms with Gasteiger partial charge in [0.05, 0.1) is 12.0 Å². The summed E-state index contributed by atoms with van der Waals surface area (Å²) in [6, 6.07) is 10.6. The summed E-state index contributed by atoms with van der Waals surface area (Å²) in [5.41, 5.74) is 1.27. The van der Waals surface area contributed by atoms with Gasteiger partial charge in [0.2, 0.25) is 5.91 Å². The van der Waals surface area contributed by atoms with Crippen LogP contribution in [-0.4, -0.2) is 30.4 Å². The lowest BCUT2D eigenvalue weighted by atomic mass is 10.2. The Balaban J connectivity index is 1.63. The van der Waals surface area contributed by atoms with Crippen molar-refractivity contribution in [2.24, 2.45) is 0 Å². The maximum atomic E-state index is 12.2. The SMILES string of the molecule is CSCC(=O)Nc1ccc2oc(C(=O)NCCc3ccco3)cc2c1. The second kappa shape index (κ2) is 7.94. The van der Waals surface area contributed by atoms with Gasteiger partial charge in [0, 0.05) is 24.0 Å². The number of furan rings is 2. The van der Waals surface area contributed by atoms with Crippen LogP contribution in [0.3, 0.4) is 0 Å². The topological polar surface area (TPSA) is 84.5 Å². The normalized spacial score (nSPS) is 10.8. The monoisotopic (exact) mass is 358 g/mol. The van der Waals surface area contributed by atoms with Crippen LogP contribution >= 0.6 is 11.8 Å². The summed E-state index contributed by atoms with van der Waals surface area (Å²) in [5, 5.41) is 6.37. The first-order valence-corrected chi connectivity index (χ1v) is 9.18. The van der Waals surface area contributed by atoms with Gasteiger partial charge in [-0.05, 0) is 42.7 Å². The molecular formula is C18H18N2O4S. The van der Waals surface area contributed by atoms with E-state index >= 15 is 0 Å². The molecule has 0 unspecified atom stereocenters. The zero-order chi connectivity index (χ0) is 17.6. The fraction of sp³-hybridized carbons (Fsp3) is 0.222. The lowest BCUT2D eigenvalue weighted by Gasteiger charge is -2.03. The van der Waals surface area contributed by atoms with Crippen molar-refractivity contribution >= 4 is 40.2 Å². The van der Waals surface area contributed by atoms with E-state index in [0.29, 0.717) is 30.0 Å². The third kappa shape index (κ3) is 4.45. The molecule has 7 heteroatoms. The first kappa shape index (κ1) is 17.2. The molecule has 0 atom stereocenters. The Morgan fingerprint density at radius 2 is 2.08 bits per heavy atom. The Bertz CT molecular complexity index is 870. The Morgan fingerprint density at radius 3 is 2.84 bits per heavy atom. The highest BCUT2D eigenvalue weighted by atomic mass is 32.2. The van der Waals surface area contributed by atoms with Gasteiger partial charge in [-0.25, -0.2) is 0 Å². The molecule has 2 N–H and O–H groups in total. The predicted octanol–water partition coefficient (Wildman–Crippen LogP) is 3.30. The zero-order valence-corrected chi connectivity index (χ0v) is 14.5. The summed E-state index contributed by atoms with van der Waals surface area (Å²) in [6.07, 6.45) is 4.09. The van der Waals surface area contributed by atoms with Crippen molar-refractivity contribution in [2.75, 3.05) is 23.9 Å². The Hall–Kier alpha value is -2.67. The van der Waals surface area contributed by atoms with Crippen molar-refractivity contribution in [2.45, 2.75) is 6.42 Å². The summed E-state index contributed by atoms with van der Waals surface area (Å²) < 4.78 is 10.8. The minimum Gasteiger partial charge on any atom is -0.469 e. The fourth-order valence-electron chi connectivity index (χ4n) is 2.40. The highest BCUT2D eigenvalue weighted by Crippen LogP contribution is 2.23. The third-order valence-electron chi connectivity index (χ3n) is 3.54. The van der Waals surface area contributed by atoms with Gasteiger partial charge in [0.1, 0.15) is 11.3 Å². The number of benzene rings is 1. The lowest BCUT2D eigenvalue weighted by Crippen LogP contribution is -2.25. The molecular weight excluding hydrogens is 340 g/mol. The second-order valence-electron chi connectivity index (χ2n) is 5.43. The first-order valence-electron chi connectivity index (χ1n) is 7.78. The molecule has 3 rings (SSSR count). The van der Waals surface area contributed by atoms with Gasteiger partial charge < -0.3 is 19.5 Å². The number of amides is 2. The maximum absolute atomic E-state index is 12.2. The molecule has 0 saturated heterocycles. The molecule has 0 radical (unpaired) electrons. The molecule has 2 aromatic heterocycles. The minimum atomic E-state index is -0.282. The first-order chi connectivity index (χ1) is 12.2. The number of hydrogen-bond donors (Lipinski definition) is 2. The van der Waals surface area contributed by atoms with E-state index in [1.165, 1.54) is 11.8 Å². The van der Waals surface area contributed by atoms with Gasteiger partial charge in [-0.3, -0.25) is 9.59 Å². The molecule has 0 spiro atoms. The van der Waals surface area contributed by atoms with Crippen LogP contribution in [0.15, 0.2) is 51.5 Å². The van der Waals surface area contributed by atoms with E-state index < -0.39 is 0 Å². The molecule has 0 aliphatic carbocycles. The molecule has 6 nitrogen and oxygen atoms in total. The summed E-state index contributed by atoms with van der Waals surface area (Å²) in [5.74, 6) is 1.10. The highest BCUT2D eigenvalue weighted by Gasteiger charge is 2.13. The van der Waals surface area contributed by atoms with E-state index in [9.17, 15) is 9.59 Å². The molecule has 2 amide bonds. The van der Waals surface area contributed by atoms with Crippen molar-refractivity contribution < 1.29 is 18.4 Å². The van der Waals surface area contributed by atoms with E-state index in [0.717, 1.165) is 11.1 Å². The number of nitrogens with one attached hydrogen (secondary N) is 2. The van der Waals surface area contributed by atoms with E-state index in [2.05, 4.69) is 10.6 Å². The van der Waals surface area contributed by atoms with Gasteiger partial charge in [0.25, 0.3) is 5.91 Å². The van der Waals surface area contributed by atoms with Crippen LogP contribution in [-0.2, 0) is 11.2 Å². The number of carbonyl (C=O) groups is 2. The highest BCUT2D eigenvalue weighted by molar-refractivity contribution is 7.99. The summed E-state index contributed by atoms with van der Waals surface area (Å²) >= 11 is 1.46. The Labute approximate surface area is 148 Å². The van der Waals surface area contributed by atoms with Gasteiger partial charge in [-0.2, -0.15) is 11.8 Å². The predicted molar refractivity (Wildman–Crippen MR) is 98.0 cm³/mol. The third-order valence-corrected chi connectivity index (χ3v) is 4.09. The van der Waals surface area contributed by atoms with Crippen LogP contribution < -0.4 is 10.6 Å². The lowest BCUT2D eigenvalue weighted by molar-refractivity contribution is -0.113. The van der Waals surface area contributed by atoms with Crippen LogP contribution in [0.25, 0.3) is 11.0 Å². The van der Waals surface area contributed by atoms with Crippen LogP contribution in [0.1, 0.15) is 16.3 Å². The minimum absolute atomic E-state index is 0.0637. The fourth-order valence-corrected chi connectivity index (χ4v) is 2.74. The summed E-state index contributed by atoms with van der Waals surface area (Å²) in [6.45, 7) is 0.458. The Kier molecular flexibility index (Phi) is 5.45. The molecule has 1 aromatic carbocycles. The maximum Gasteiger partial charge on any atom is 0.287 e. The average molecular weight is 358 g/mol. The van der Waals surface area contributed by atoms with E-state index in [1.807, 2.05) is 18.4 Å². The molecule has 25 heavy (non-hydrogen) atoms. The number of carbonyl (C=O) groups excluding carboxylic acids is 2. The molecule has 0 saturated carbocycles. The largest absolute Gasteiger partial charge is 0.469 e. The number of rotatable bonds is 7. The van der Waals surface area contributed by atoms with Crippen LogP contribution in [0.4, 0.5) is 5.69 Å². The number of anilines is 1. The number of thioether (sulfide) groups is 1. The average Bonchev–Trinajstić information content (AvgIpc) is 3.23. The van der Waals surface area contributed by atoms with Crippen molar-refractivity contribution in [1.29, 1.82) is 0 Å². The molecule has 0 aliphatic heterocycles. The van der Waals surface area contributed by atoms with Gasteiger partial charge in [-0.15, -0.1) is 0 Å². The summed E-state index contributed by atoms with van der Waals surface area (Å²) in [7, 11) is 0. The van der Waals surface area contributed by atoms with Crippen molar-refractivity contribution in [1.82, 2.24) is 5.32 Å². The standard InChI is InChI=1S/C18H18N2O4S/c1-25-11-17(21)20-13-4-5-15-12(9-13)10-16(24-15)18(22)19-7-6-14-3-2-8-23-14/h2-5,8-10H,6-7,11H2,1H3,(H,19,22)(H,20,21). The molecule has 2 heterocycles. The van der Waals surface area contributed by atoms with Crippen molar-refractivity contribution in [3.63, 3.8) is 0 Å². The van der Waals surface area contributed by atoms with E-state index in [-0.39, 0.29) is 17.6 Å². The van der Waals surface area contributed by atoms with E-state index in [1.54, 1.807) is 30.5 Å². The Morgan fingerprint density at radius 1 is 1.20 bits per heavy atom. The van der Waals surface area contributed by atoms with Crippen molar-refractivity contribution in [3.05, 3.63) is 54.2 Å². The zero-order valence-electron chi connectivity index (χ0n) is 13.7. The molecule has 130 valence electrons.